The minimum atomic E-state index is -0.157. The topological polar surface area (TPSA) is 64.7 Å². The number of hydrogen-bond donors (Lipinski definition) is 2. The lowest BCUT2D eigenvalue weighted by atomic mass is 9.96. The van der Waals surface area contributed by atoms with E-state index in [-0.39, 0.29) is 11.8 Å². The van der Waals surface area contributed by atoms with Crippen molar-refractivity contribution in [3.05, 3.63) is 100 Å². The molecule has 0 aromatic heterocycles. The van der Waals surface area contributed by atoms with Gasteiger partial charge in [0.1, 0.15) is 0 Å². The maximum atomic E-state index is 12.9. The van der Waals surface area contributed by atoms with Gasteiger partial charge in [0.15, 0.2) is 0 Å². The molecule has 2 aromatic rings. The smallest absolute Gasteiger partial charge is 0.258 e. The summed E-state index contributed by atoms with van der Waals surface area (Å²) < 4.78 is 0. The first-order chi connectivity index (χ1) is 18.5. The molecule has 0 spiro atoms. The Morgan fingerprint density at radius 1 is 1.08 bits per heavy atom. The first-order valence-electron chi connectivity index (χ1n) is 13.6. The zero-order valence-corrected chi connectivity index (χ0v) is 22.5. The Hall–Kier alpha value is -3.90. The van der Waals surface area contributed by atoms with Gasteiger partial charge in [-0.3, -0.25) is 14.5 Å². The van der Waals surface area contributed by atoms with Crippen molar-refractivity contribution in [1.82, 2.24) is 9.80 Å². The second kappa shape index (κ2) is 11.2. The number of fused-ring (bicyclic) bond motifs is 2. The minimum Gasteiger partial charge on any atom is -0.358 e. The van der Waals surface area contributed by atoms with Crippen LogP contribution in [0.5, 0.6) is 0 Å². The average Bonchev–Trinajstić information content (AvgIpc) is 3.13. The van der Waals surface area contributed by atoms with E-state index in [4.69, 9.17) is 0 Å². The van der Waals surface area contributed by atoms with Crippen LogP contribution < -0.4 is 10.6 Å². The van der Waals surface area contributed by atoms with Gasteiger partial charge in [0.25, 0.3) is 11.8 Å². The number of rotatable bonds is 7. The van der Waals surface area contributed by atoms with E-state index in [1.54, 1.807) is 11.0 Å². The van der Waals surface area contributed by atoms with E-state index < -0.39 is 0 Å². The Balaban J connectivity index is 1.29. The molecule has 0 bridgehead atoms. The molecule has 2 amide bonds. The molecule has 0 atom stereocenters. The van der Waals surface area contributed by atoms with Gasteiger partial charge in [-0.25, -0.2) is 0 Å². The van der Waals surface area contributed by atoms with E-state index in [0.717, 1.165) is 55.1 Å². The molecule has 0 saturated carbocycles. The summed E-state index contributed by atoms with van der Waals surface area (Å²) in [5, 5.41) is 6.35. The maximum Gasteiger partial charge on any atom is 0.258 e. The third kappa shape index (κ3) is 5.36. The molecule has 38 heavy (non-hydrogen) atoms. The zero-order chi connectivity index (χ0) is 26.6. The van der Waals surface area contributed by atoms with Gasteiger partial charge in [0.2, 0.25) is 0 Å². The standard InChI is InChI=1S/C32H36N4O2/c1-4-36(5-2)32(38)26-12-15-29-28(20-26)30(31(37)34-29)22(3)33-27-13-10-23(11-14-27)21-35-18-16-24-8-6-7-9-25(24)17-19-35/h6-8,10-15,17,20,33H,4-5,9,16,18-19,21H2,1-3H3,(H,34,37)/b30-22-. The first-order valence-corrected chi connectivity index (χ1v) is 13.6. The molecule has 0 saturated heterocycles. The summed E-state index contributed by atoms with van der Waals surface area (Å²) >= 11 is 0. The van der Waals surface area contributed by atoms with Crippen molar-refractivity contribution in [3.63, 3.8) is 0 Å². The predicted octanol–water partition coefficient (Wildman–Crippen LogP) is 5.98. The molecule has 6 heteroatoms. The maximum absolute atomic E-state index is 12.9. The minimum absolute atomic E-state index is 0.0227. The van der Waals surface area contributed by atoms with Crippen molar-refractivity contribution in [2.45, 2.75) is 40.2 Å². The fourth-order valence-electron chi connectivity index (χ4n) is 5.43. The Morgan fingerprint density at radius 2 is 1.87 bits per heavy atom. The lowest BCUT2D eigenvalue weighted by Gasteiger charge is -2.19. The molecular weight excluding hydrogens is 472 g/mol. The summed E-state index contributed by atoms with van der Waals surface area (Å²) in [6.07, 6.45) is 11.2. The molecule has 6 nitrogen and oxygen atoms in total. The molecule has 1 aliphatic carbocycles. The normalized spacial score (nSPS) is 18.0. The number of nitrogens with zero attached hydrogens (tertiary/aromatic N) is 2. The second-order valence-electron chi connectivity index (χ2n) is 10.1. The van der Waals surface area contributed by atoms with Gasteiger partial charge in [0.05, 0.1) is 5.57 Å². The zero-order valence-electron chi connectivity index (χ0n) is 22.5. The summed E-state index contributed by atoms with van der Waals surface area (Å²) in [5.41, 5.74) is 8.54. The van der Waals surface area contributed by atoms with E-state index >= 15 is 0 Å². The Bertz CT molecular complexity index is 1360. The summed E-state index contributed by atoms with van der Waals surface area (Å²) in [4.78, 5) is 30.0. The Labute approximate surface area is 225 Å². The number of nitrogens with one attached hydrogen (secondary N) is 2. The fraction of sp³-hybridized carbons (Fsp3) is 0.312. The number of amides is 2. The summed E-state index contributed by atoms with van der Waals surface area (Å²) in [7, 11) is 0. The number of anilines is 2. The number of allylic oxidation sites excluding steroid dienone is 5. The average molecular weight is 509 g/mol. The fourth-order valence-corrected chi connectivity index (χ4v) is 5.43. The lowest BCUT2D eigenvalue weighted by molar-refractivity contribution is -0.110. The van der Waals surface area contributed by atoms with Crippen molar-refractivity contribution in [2.75, 3.05) is 36.8 Å². The molecule has 2 aromatic carbocycles. The van der Waals surface area contributed by atoms with Crippen LogP contribution in [0, 0.1) is 0 Å². The molecule has 2 aliphatic heterocycles. The summed E-state index contributed by atoms with van der Waals surface area (Å²) in [5.74, 6) is -0.180. The van der Waals surface area contributed by atoms with E-state index in [2.05, 4.69) is 64.1 Å². The van der Waals surface area contributed by atoms with Crippen molar-refractivity contribution < 1.29 is 9.59 Å². The molecule has 2 heterocycles. The molecule has 0 unspecified atom stereocenters. The van der Waals surface area contributed by atoms with Gasteiger partial charge in [0, 0.05) is 60.9 Å². The lowest BCUT2D eigenvalue weighted by Crippen LogP contribution is -2.30. The molecular formula is C32H36N4O2. The highest BCUT2D eigenvalue weighted by atomic mass is 16.2. The van der Waals surface area contributed by atoms with E-state index in [1.165, 1.54) is 16.7 Å². The van der Waals surface area contributed by atoms with Crippen LogP contribution in [-0.2, 0) is 11.3 Å². The Kier molecular flexibility index (Phi) is 7.61. The van der Waals surface area contributed by atoms with Crippen LogP contribution in [0.1, 0.15) is 55.1 Å². The van der Waals surface area contributed by atoms with Crippen LogP contribution in [0.25, 0.3) is 5.57 Å². The highest BCUT2D eigenvalue weighted by Gasteiger charge is 2.28. The molecule has 0 fully saturated rings. The number of carbonyl (C=O) groups is 2. The van der Waals surface area contributed by atoms with Crippen LogP contribution >= 0.6 is 0 Å². The van der Waals surface area contributed by atoms with Crippen molar-refractivity contribution in [2.24, 2.45) is 0 Å². The quantitative estimate of drug-likeness (QED) is 0.452. The van der Waals surface area contributed by atoms with Crippen LogP contribution in [0.15, 0.2) is 83.6 Å². The third-order valence-corrected chi connectivity index (χ3v) is 7.61. The SMILES string of the molecule is CCN(CC)C(=O)c1ccc2c(c1)/C(=C(\C)Nc1ccc(CN3CC=C4CC=CC=C4CC3)cc1)C(=O)N2. The first kappa shape index (κ1) is 25.7. The van der Waals surface area contributed by atoms with Crippen molar-refractivity contribution in [1.29, 1.82) is 0 Å². The van der Waals surface area contributed by atoms with Crippen LogP contribution in [-0.4, -0.2) is 47.8 Å². The number of benzene rings is 2. The Morgan fingerprint density at radius 3 is 2.63 bits per heavy atom. The molecule has 196 valence electrons. The third-order valence-electron chi connectivity index (χ3n) is 7.61. The van der Waals surface area contributed by atoms with E-state index in [9.17, 15) is 9.59 Å². The highest BCUT2D eigenvalue weighted by molar-refractivity contribution is 6.32. The van der Waals surface area contributed by atoms with E-state index in [0.29, 0.717) is 24.2 Å². The summed E-state index contributed by atoms with van der Waals surface area (Å²) in [6.45, 7) is 10.1. The van der Waals surface area contributed by atoms with Crippen molar-refractivity contribution in [3.8, 4) is 0 Å². The van der Waals surface area contributed by atoms with Crippen molar-refractivity contribution >= 4 is 28.8 Å². The van der Waals surface area contributed by atoms with Crippen LogP contribution in [0.3, 0.4) is 0 Å². The van der Waals surface area contributed by atoms with E-state index in [1.807, 2.05) is 32.9 Å². The predicted molar refractivity (Wildman–Crippen MR) is 155 cm³/mol. The number of hydrogen-bond acceptors (Lipinski definition) is 4. The molecule has 5 rings (SSSR count). The van der Waals surface area contributed by atoms with Crippen LogP contribution in [0.4, 0.5) is 11.4 Å². The van der Waals surface area contributed by atoms with Gasteiger partial charge < -0.3 is 15.5 Å². The molecule has 0 radical (unpaired) electrons. The van der Waals surface area contributed by atoms with Gasteiger partial charge in [-0.1, -0.05) is 36.4 Å². The largest absolute Gasteiger partial charge is 0.358 e. The monoisotopic (exact) mass is 508 g/mol. The molecule has 2 N–H and O–H groups in total. The highest BCUT2D eigenvalue weighted by Crippen LogP contribution is 2.35. The van der Waals surface area contributed by atoms with Crippen LogP contribution in [0.2, 0.25) is 0 Å². The van der Waals surface area contributed by atoms with Gasteiger partial charge >= 0.3 is 0 Å². The number of carbonyl (C=O) groups excluding carboxylic acids is 2. The van der Waals surface area contributed by atoms with Gasteiger partial charge in [-0.15, -0.1) is 0 Å². The summed E-state index contributed by atoms with van der Waals surface area (Å²) in [6, 6.07) is 13.9. The van der Waals surface area contributed by atoms with Gasteiger partial charge in [-0.05, 0) is 80.7 Å². The second-order valence-corrected chi connectivity index (χ2v) is 10.1. The van der Waals surface area contributed by atoms with Gasteiger partial charge in [-0.2, -0.15) is 0 Å². The molecule has 3 aliphatic rings.